The molecule has 0 unspecified atom stereocenters. The van der Waals surface area contributed by atoms with Crippen molar-refractivity contribution < 1.29 is 13.9 Å². The van der Waals surface area contributed by atoms with Crippen LogP contribution in [0.4, 0.5) is 4.39 Å². The summed E-state index contributed by atoms with van der Waals surface area (Å²) in [6.07, 6.45) is 7.89. The van der Waals surface area contributed by atoms with E-state index in [2.05, 4.69) is 6.92 Å². The lowest BCUT2D eigenvalue weighted by Gasteiger charge is -2.05. The van der Waals surface area contributed by atoms with Crippen molar-refractivity contribution in [2.45, 2.75) is 46.0 Å². The average molecular weight is 278 g/mol. The molecule has 20 heavy (non-hydrogen) atoms. The second-order valence-corrected chi connectivity index (χ2v) is 4.83. The molecule has 0 radical (unpaired) electrons. The molecule has 0 aliphatic carbocycles. The van der Waals surface area contributed by atoms with Gasteiger partial charge < -0.3 is 4.74 Å². The summed E-state index contributed by atoms with van der Waals surface area (Å²) in [4.78, 5) is 11.6. The molecule has 0 atom stereocenters. The van der Waals surface area contributed by atoms with E-state index in [0.29, 0.717) is 12.2 Å². The van der Waals surface area contributed by atoms with E-state index in [4.69, 9.17) is 4.74 Å². The number of hydrogen-bond acceptors (Lipinski definition) is 2. The highest BCUT2D eigenvalue weighted by Gasteiger charge is 2.06. The minimum absolute atomic E-state index is 0.121. The first-order chi connectivity index (χ1) is 9.65. The van der Waals surface area contributed by atoms with E-state index in [9.17, 15) is 9.18 Å². The molecule has 1 aromatic carbocycles. The van der Waals surface area contributed by atoms with Crippen LogP contribution >= 0.6 is 0 Å². The summed E-state index contributed by atoms with van der Waals surface area (Å²) in [7, 11) is 0. The standard InChI is InChI=1S/C17H23FO2/c1-3-5-7-8-14-10-15(12-16(18)11-14)13-17(19)20-9-6-4-2/h7-8,10-12H,3-6,9,13H2,1-2H3/b8-7+. The molecule has 0 heterocycles. The zero-order valence-corrected chi connectivity index (χ0v) is 12.3. The van der Waals surface area contributed by atoms with Crippen LogP contribution in [-0.2, 0) is 16.0 Å². The Morgan fingerprint density at radius 2 is 2.05 bits per heavy atom. The van der Waals surface area contributed by atoms with Crippen LogP contribution in [0.25, 0.3) is 6.08 Å². The first kappa shape index (κ1) is 16.4. The third kappa shape index (κ3) is 6.50. The van der Waals surface area contributed by atoms with Crippen LogP contribution in [0.1, 0.15) is 50.7 Å². The number of hydrogen-bond donors (Lipinski definition) is 0. The topological polar surface area (TPSA) is 26.3 Å². The molecule has 0 amide bonds. The highest BCUT2D eigenvalue weighted by Crippen LogP contribution is 2.13. The van der Waals surface area contributed by atoms with Crippen LogP contribution < -0.4 is 0 Å². The second-order valence-electron chi connectivity index (χ2n) is 4.83. The van der Waals surface area contributed by atoms with Gasteiger partial charge in [-0.05, 0) is 36.1 Å². The van der Waals surface area contributed by atoms with Crippen molar-refractivity contribution in [3.8, 4) is 0 Å². The fourth-order valence-corrected chi connectivity index (χ4v) is 1.81. The molecule has 1 rings (SSSR count). The summed E-state index contributed by atoms with van der Waals surface area (Å²) in [5, 5.41) is 0. The third-order valence-corrected chi connectivity index (χ3v) is 2.85. The van der Waals surface area contributed by atoms with Gasteiger partial charge >= 0.3 is 5.97 Å². The van der Waals surface area contributed by atoms with Gasteiger partial charge in [0, 0.05) is 0 Å². The molecule has 3 heteroatoms. The van der Waals surface area contributed by atoms with Gasteiger partial charge in [-0.3, -0.25) is 4.79 Å². The van der Waals surface area contributed by atoms with E-state index in [0.717, 1.165) is 31.2 Å². The van der Waals surface area contributed by atoms with Gasteiger partial charge in [0.1, 0.15) is 5.82 Å². The number of carbonyl (C=O) groups excluding carboxylic acids is 1. The highest BCUT2D eigenvalue weighted by molar-refractivity contribution is 5.73. The fourth-order valence-electron chi connectivity index (χ4n) is 1.81. The van der Waals surface area contributed by atoms with Crippen LogP contribution in [-0.4, -0.2) is 12.6 Å². The van der Waals surface area contributed by atoms with E-state index < -0.39 is 0 Å². The fraction of sp³-hybridized carbons (Fsp3) is 0.471. The Morgan fingerprint density at radius 1 is 1.25 bits per heavy atom. The highest BCUT2D eigenvalue weighted by atomic mass is 19.1. The Bertz CT molecular complexity index is 452. The summed E-state index contributed by atoms with van der Waals surface area (Å²) < 4.78 is 18.6. The van der Waals surface area contributed by atoms with Crippen molar-refractivity contribution in [2.75, 3.05) is 6.61 Å². The lowest BCUT2D eigenvalue weighted by atomic mass is 10.1. The van der Waals surface area contributed by atoms with Gasteiger partial charge in [0.05, 0.1) is 13.0 Å². The van der Waals surface area contributed by atoms with Gasteiger partial charge in [0.2, 0.25) is 0 Å². The van der Waals surface area contributed by atoms with E-state index in [1.807, 2.05) is 25.1 Å². The molecule has 0 aliphatic heterocycles. The number of carbonyl (C=O) groups is 1. The molecule has 110 valence electrons. The van der Waals surface area contributed by atoms with Crippen molar-refractivity contribution in [3.63, 3.8) is 0 Å². The lowest BCUT2D eigenvalue weighted by molar-refractivity contribution is -0.142. The number of unbranched alkanes of at least 4 members (excludes halogenated alkanes) is 2. The second kappa shape index (κ2) is 9.29. The maximum Gasteiger partial charge on any atom is 0.310 e. The zero-order chi connectivity index (χ0) is 14.8. The zero-order valence-electron chi connectivity index (χ0n) is 12.3. The molecule has 0 bridgehead atoms. The van der Waals surface area contributed by atoms with Gasteiger partial charge in [0.25, 0.3) is 0 Å². The number of esters is 1. The average Bonchev–Trinajstić information content (AvgIpc) is 2.38. The van der Waals surface area contributed by atoms with Crippen LogP contribution in [0.15, 0.2) is 24.3 Å². The molecule has 2 nitrogen and oxygen atoms in total. The number of allylic oxidation sites excluding steroid dienone is 1. The quantitative estimate of drug-likeness (QED) is 0.516. The SMILES string of the molecule is CCC/C=C/c1cc(F)cc(CC(=O)OCCCC)c1. The Labute approximate surface area is 120 Å². The molecular formula is C17H23FO2. The molecule has 1 aromatic rings. The maximum absolute atomic E-state index is 13.5. The van der Waals surface area contributed by atoms with Gasteiger partial charge in [-0.2, -0.15) is 0 Å². The van der Waals surface area contributed by atoms with E-state index in [-0.39, 0.29) is 18.2 Å². The molecular weight excluding hydrogens is 255 g/mol. The summed E-state index contributed by atoms with van der Waals surface area (Å²) >= 11 is 0. The maximum atomic E-state index is 13.5. The molecule has 0 N–H and O–H groups in total. The molecule has 0 aromatic heterocycles. The number of halogens is 1. The first-order valence-electron chi connectivity index (χ1n) is 7.27. The molecule has 0 fully saturated rings. The van der Waals surface area contributed by atoms with Crippen molar-refractivity contribution in [1.29, 1.82) is 0 Å². The van der Waals surface area contributed by atoms with Gasteiger partial charge in [-0.25, -0.2) is 4.39 Å². The summed E-state index contributed by atoms with van der Waals surface area (Å²) in [5.41, 5.74) is 1.44. The van der Waals surface area contributed by atoms with E-state index >= 15 is 0 Å². The number of rotatable bonds is 8. The number of ether oxygens (including phenoxy) is 1. The van der Waals surface area contributed by atoms with E-state index in [1.54, 1.807) is 0 Å². The van der Waals surface area contributed by atoms with Crippen molar-refractivity contribution >= 4 is 12.0 Å². The van der Waals surface area contributed by atoms with Crippen LogP contribution in [0, 0.1) is 5.82 Å². The smallest absolute Gasteiger partial charge is 0.310 e. The Hall–Kier alpha value is -1.64. The molecule has 0 spiro atoms. The monoisotopic (exact) mass is 278 g/mol. The summed E-state index contributed by atoms with van der Waals surface area (Å²) in [6.45, 7) is 4.57. The predicted octanol–water partition coefficient (Wildman–Crippen LogP) is 4.52. The third-order valence-electron chi connectivity index (χ3n) is 2.85. The Kier molecular flexibility index (Phi) is 7.63. The number of benzene rings is 1. The minimum Gasteiger partial charge on any atom is -0.465 e. The Balaban J connectivity index is 2.63. The lowest BCUT2D eigenvalue weighted by Crippen LogP contribution is -2.09. The molecule has 0 saturated carbocycles. The minimum atomic E-state index is -0.319. The van der Waals surface area contributed by atoms with Crippen LogP contribution in [0.2, 0.25) is 0 Å². The van der Waals surface area contributed by atoms with Crippen molar-refractivity contribution in [1.82, 2.24) is 0 Å². The van der Waals surface area contributed by atoms with E-state index in [1.165, 1.54) is 12.1 Å². The van der Waals surface area contributed by atoms with Crippen LogP contribution in [0.3, 0.4) is 0 Å². The summed E-state index contributed by atoms with van der Waals surface area (Å²) in [5.74, 6) is -0.618. The predicted molar refractivity (Wildman–Crippen MR) is 79.9 cm³/mol. The largest absolute Gasteiger partial charge is 0.465 e. The molecule has 0 saturated heterocycles. The van der Waals surface area contributed by atoms with Gasteiger partial charge in [-0.1, -0.05) is 44.9 Å². The van der Waals surface area contributed by atoms with Gasteiger partial charge in [0.15, 0.2) is 0 Å². The van der Waals surface area contributed by atoms with Gasteiger partial charge in [-0.15, -0.1) is 0 Å². The normalized spacial score (nSPS) is 10.9. The summed E-state index contributed by atoms with van der Waals surface area (Å²) in [6, 6.07) is 4.69. The van der Waals surface area contributed by atoms with Crippen molar-refractivity contribution in [3.05, 3.63) is 41.2 Å². The Morgan fingerprint density at radius 3 is 2.75 bits per heavy atom. The van der Waals surface area contributed by atoms with Crippen LogP contribution in [0.5, 0.6) is 0 Å². The first-order valence-corrected chi connectivity index (χ1v) is 7.27. The molecule has 0 aliphatic rings. The van der Waals surface area contributed by atoms with Crippen molar-refractivity contribution in [2.24, 2.45) is 0 Å².